The molecule has 1 aromatic carbocycles. The lowest BCUT2D eigenvalue weighted by atomic mass is 10.1. The summed E-state index contributed by atoms with van der Waals surface area (Å²) in [5.74, 6) is 1.05. The smallest absolute Gasteiger partial charge is 0.000835 e. The molecule has 1 fully saturated rings. The summed E-state index contributed by atoms with van der Waals surface area (Å²) >= 11 is 0. The largest absolute Gasteiger partial charge is 0.316 e. The number of hydrogen-bond acceptors (Lipinski definition) is 1. The van der Waals surface area contributed by atoms with Gasteiger partial charge in [-0.2, -0.15) is 0 Å². The van der Waals surface area contributed by atoms with Crippen molar-refractivity contribution in [1.29, 1.82) is 0 Å². The van der Waals surface area contributed by atoms with Gasteiger partial charge in [0.1, 0.15) is 0 Å². The number of benzene rings is 1. The summed E-state index contributed by atoms with van der Waals surface area (Å²) in [6, 6.07) is 8.80. The van der Waals surface area contributed by atoms with Gasteiger partial charge in [0.2, 0.25) is 0 Å². The Hall–Kier alpha value is -0.820. The molecule has 1 nitrogen and oxygen atoms in total. The third kappa shape index (κ3) is 4.05. The second kappa shape index (κ2) is 5.32. The molecule has 0 saturated heterocycles. The van der Waals surface area contributed by atoms with Crippen LogP contribution in [0.2, 0.25) is 0 Å². The number of nitrogens with one attached hydrogen (secondary N) is 1. The van der Waals surface area contributed by atoms with Crippen molar-refractivity contribution < 1.29 is 0 Å². The molecule has 0 atom stereocenters. The fourth-order valence-corrected chi connectivity index (χ4v) is 1.94. The van der Waals surface area contributed by atoms with Crippen LogP contribution in [0.5, 0.6) is 0 Å². The summed E-state index contributed by atoms with van der Waals surface area (Å²) in [5, 5.41) is 3.52. The maximum Gasteiger partial charge on any atom is -0.000835 e. The maximum atomic E-state index is 3.52. The van der Waals surface area contributed by atoms with Crippen LogP contribution >= 0.6 is 0 Å². The van der Waals surface area contributed by atoms with Crippen molar-refractivity contribution >= 4 is 0 Å². The van der Waals surface area contributed by atoms with E-state index in [4.69, 9.17) is 0 Å². The summed E-state index contributed by atoms with van der Waals surface area (Å²) in [6.45, 7) is 4.48. The van der Waals surface area contributed by atoms with Crippen molar-refractivity contribution in [2.24, 2.45) is 5.92 Å². The average Bonchev–Trinajstić information content (AvgIpc) is 3.01. The van der Waals surface area contributed by atoms with Crippen LogP contribution in [0.15, 0.2) is 24.3 Å². The van der Waals surface area contributed by atoms with E-state index >= 15 is 0 Å². The molecule has 0 heterocycles. The molecule has 0 amide bonds. The van der Waals surface area contributed by atoms with Crippen molar-refractivity contribution in [2.75, 3.05) is 13.1 Å². The van der Waals surface area contributed by atoms with E-state index in [9.17, 15) is 0 Å². The Bertz CT molecular complexity index is 302. The monoisotopic (exact) mass is 203 g/mol. The van der Waals surface area contributed by atoms with E-state index in [1.165, 1.54) is 36.9 Å². The molecule has 1 heteroatoms. The van der Waals surface area contributed by atoms with Gasteiger partial charge in [0.05, 0.1) is 0 Å². The third-order valence-electron chi connectivity index (χ3n) is 3.10. The molecular weight excluding hydrogens is 182 g/mol. The molecule has 0 spiro atoms. The highest BCUT2D eigenvalue weighted by Gasteiger charge is 2.19. The Kier molecular flexibility index (Phi) is 3.79. The minimum Gasteiger partial charge on any atom is -0.316 e. The second-order valence-corrected chi connectivity index (χ2v) is 4.72. The van der Waals surface area contributed by atoms with Gasteiger partial charge in [0.25, 0.3) is 0 Å². The molecule has 0 aromatic heterocycles. The summed E-state index contributed by atoms with van der Waals surface area (Å²) in [4.78, 5) is 0. The van der Waals surface area contributed by atoms with E-state index in [-0.39, 0.29) is 0 Å². The Morgan fingerprint density at radius 2 is 2.13 bits per heavy atom. The van der Waals surface area contributed by atoms with Gasteiger partial charge < -0.3 is 5.32 Å². The predicted octanol–water partition coefficient (Wildman–Crippen LogP) is 2.93. The molecule has 15 heavy (non-hydrogen) atoms. The summed E-state index contributed by atoms with van der Waals surface area (Å²) in [5.41, 5.74) is 2.82. The van der Waals surface area contributed by atoms with E-state index in [1.54, 1.807) is 0 Å². The van der Waals surface area contributed by atoms with Gasteiger partial charge in [0.15, 0.2) is 0 Å². The SMILES string of the molecule is Cc1cccc(CCNCCC2CC2)c1. The van der Waals surface area contributed by atoms with E-state index in [2.05, 4.69) is 36.5 Å². The van der Waals surface area contributed by atoms with Crippen molar-refractivity contribution in [3.63, 3.8) is 0 Å². The van der Waals surface area contributed by atoms with E-state index in [0.717, 1.165) is 18.9 Å². The molecule has 0 bridgehead atoms. The summed E-state index contributed by atoms with van der Waals surface area (Å²) in [6.07, 6.45) is 5.49. The van der Waals surface area contributed by atoms with Crippen molar-refractivity contribution in [1.82, 2.24) is 5.32 Å². The van der Waals surface area contributed by atoms with Gasteiger partial charge in [-0.1, -0.05) is 42.7 Å². The van der Waals surface area contributed by atoms with Gasteiger partial charge in [-0.05, 0) is 44.3 Å². The number of hydrogen-bond donors (Lipinski definition) is 1. The maximum absolute atomic E-state index is 3.52. The number of aryl methyl sites for hydroxylation is 1. The zero-order valence-electron chi connectivity index (χ0n) is 9.63. The molecule has 0 aliphatic heterocycles. The van der Waals surface area contributed by atoms with Gasteiger partial charge >= 0.3 is 0 Å². The molecule has 1 aromatic rings. The molecule has 82 valence electrons. The Morgan fingerprint density at radius 1 is 1.27 bits per heavy atom. The third-order valence-corrected chi connectivity index (χ3v) is 3.10. The Morgan fingerprint density at radius 3 is 2.87 bits per heavy atom. The van der Waals surface area contributed by atoms with Crippen LogP contribution in [0.3, 0.4) is 0 Å². The lowest BCUT2D eigenvalue weighted by Gasteiger charge is -2.04. The molecular formula is C14H21N. The fraction of sp³-hybridized carbons (Fsp3) is 0.571. The normalized spacial score (nSPS) is 15.5. The van der Waals surface area contributed by atoms with Crippen molar-refractivity contribution in [2.45, 2.75) is 32.6 Å². The van der Waals surface area contributed by atoms with E-state index in [1.807, 2.05) is 0 Å². The molecule has 2 rings (SSSR count). The van der Waals surface area contributed by atoms with Crippen molar-refractivity contribution in [3.8, 4) is 0 Å². The standard InChI is InChI=1S/C14H21N/c1-12-3-2-4-14(11-12)8-10-15-9-7-13-5-6-13/h2-4,11,13,15H,5-10H2,1H3. The van der Waals surface area contributed by atoms with Gasteiger partial charge in [-0.3, -0.25) is 0 Å². The lowest BCUT2D eigenvalue weighted by molar-refractivity contribution is 0.613. The minimum atomic E-state index is 1.05. The molecule has 1 aliphatic rings. The zero-order chi connectivity index (χ0) is 10.5. The van der Waals surface area contributed by atoms with Gasteiger partial charge in [-0.15, -0.1) is 0 Å². The van der Waals surface area contributed by atoms with Crippen LogP contribution in [0.25, 0.3) is 0 Å². The first-order chi connectivity index (χ1) is 7.34. The van der Waals surface area contributed by atoms with Crippen LogP contribution in [-0.4, -0.2) is 13.1 Å². The molecule has 0 radical (unpaired) electrons. The van der Waals surface area contributed by atoms with Gasteiger partial charge in [0, 0.05) is 0 Å². The van der Waals surface area contributed by atoms with Crippen LogP contribution in [0, 0.1) is 12.8 Å². The molecule has 1 N–H and O–H groups in total. The number of rotatable bonds is 6. The minimum absolute atomic E-state index is 1.05. The summed E-state index contributed by atoms with van der Waals surface area (Å²) < 4.78 is 0. The predicted molar refractivity (Wildman–Crippen MR) is 65.1 cm³/mol. The molecule has 1 aliphatic carbocycles. The quantitative estimate of drug-likeness (QED) is 0.701. The highest BCUT2D eigenvalue weighted by Crippen LogP contribution is 2.31. The molecule has 0 unspecified atom stereocenters. The highest BCUT2D eigenvalue weighted by atomic mass is 14.8. The van der Waals surface area contributed by atoms with Gasteiger partial charge in [-0.25, -0.2) is 0 Å². The first-order valence-corrected chi connectivity index (χ1v) is 6.11. The first kappa shape index (κ1) is 10.7. The Labute approximate surface area is 92.9 Å². The van der Waals surface area contributed by atoms with Crippen LogP contribution in [0.4, 0.5) is 0 Å². The van der Waals surface area contributed by atoms with Crippen LogP contribution < -0.4 is 5.32 Å². The average molecular weight is 203 g/mol. The summed E-state index contributed by atoms with van der Waals surface area (Å²) in [7, 11) is 0. The highest BCUT2D eigenvalue weighted by molar-refractivity contribution is 5.22. The van der Waals surface area contributed by atoms with Crippen LogP contribution in [0.1, 0.15) is 30.4 Å². The first-order valence-electron chi connectivity index (χ1n) is 6.11. The molecule has 1 saturated carbocycles. The van der Waals surface area contributed by atoms with E-state index < -0.39 is 0 Å². The van der Waals surface area contributed by atoms with Crippen LogP contribution in [-0.2, 0) is 6.42 Å². The zero-order valence-corrected chi connectivity index (χ0v) is 9.63. The fourth-order valence-electron chi connectivity index (χ4n) is 1.94. The topological polar surface area (TPSA) is 12.0 Å². The van der Waals surface area contributed by atoms with E-state index in [0.29, 0.717) is 0 Å². The Balaban J connectivity index is 1.60. The lowest BCUT2D eigenvalue weighted by Crippen LogP contribution is -2.18. The van der Waals surface area contributed by atoms with Crippen molar-refractivity contribution in [3.05, 3.63) is 35.4 Å². The second-order valence-electron chi connectivity index (χ2n) is 4.72.